The van der Waals surface area contributed by atoms with E-state index in [1.165, 1.54) is 6.20 Å². The van der Waals surface area contributed by atoms with Crippen molar-refractivity contribution in [2.75, 3.05) is 0 Å². The quantitative estimate of drug-likeness (QED) is 0.671. The molecule has 3 N–H and O–H groups in total. The molecular weight excluding hydrogens is 310 g/mol. The molecule has 0 bridgehead atoms. The number of nitrogens with one attached hydrogen (secondary N) is 1. The van der Waals surface area contributed by atoms with E-state index in [0.29, 0.717) is 17.9 Å². The summed E-state index contributed by atoms with van der Waals surface area (Å²) in [6.07, 6.45) is 4.83. The monoisotopic (exact) mass is 329 g/mol. The number of nitrogens with zero attached hydrogens (tertiary/aromatic N) is 1. The van der Waals surface area contributed by atoms with E-state index in [1.54, 1.807) is 12.4 Å². The van der Waals surface area contributed by atoms with Gasteiger partial charge >= 0.3 is 0 Å². The minimum absolute atomic E-state index is 0.364. The second-order valence-electron chi connectivity index (χ2n) is 5.49. The summed E-state index contributed by atoms with van der Waals surface area (Å²) < 4.78 is 5.78. The van der Waals surface area contributed by atoms with Crippen LogP contribution in [0.4, 0.5) is 0 Å². The first-order valence-corrected chi connectivity index (χ1v) is 7.96. The van der Waals surface area contributed by atoms with Crippen LogP contribution in [0.5, 0.6) is 5.75 Å². The Morgan fingerprint density at radius 1 is 0.920 bits per heavy atom. The highest BCUT2D eigenvalue weighted by molar-refractivity contribution is 6.30. The van der Waals surface area contributed by atoms with Crippen LogP contribution in [-0.4, -0.2) is 10.7 Å². The van der Waals surface area contributed by atoms with Gasteiger partial charge in [0, 0.05) is 29.7 Å². The number of allylic oxidation sites excluding steroid dienone is 1. The van der Waals surface area contributed by atoms with Gasteiger partial charge in [-0.2, -0.15) is 0 Å². The maximum atomic E-state index is 8.42. The Balaban J connectivity index is 1.70. The molecule has 0 saturated carbocycles. The zero-order valence-corrected chi connectivity index (χ0v) is 13.7. The van der Waals surface area contributed by atoms with Crippen molar-refractivity contribution in [3.8, 4) is 5.75 Å². The van der Waals surface area contributed by atoms with Gasteiger partial charge in [-0.1, -0.05) is 30.3 Å². The van der Waals surface area contributed by atoms with Gasteiger partial charge < -0.3 is 10.5 Å². The predicted octanol–water partition coefficient (Wildman–Crippen LogP) is 4.03. The van der Waals surface area contributed by atoms with Crippen LogP contribution < -0.4 is 10.5 Å². The zero-order valence-electron chi connectivity index (χ0n) is 13.7. The molecule has 1 heterocycles. The van der Waals surface area contributed by atoms with Gasteiger partial charge in [0.05, 0.1) is 5.71 Å². The number of hydrogen-bond donors (Lipinski definition) is 2. The second kappa shape index (κ2) is 7.93. The standard InChI is InChI=1S/C21H19N3O/c22-14-20(17-10-12-24-13-11-17)21(23)18-6-8-19(9-7-18)25-15-16-4-2-1-3-5-16/h1-14,23H,15,22H2/b20-14-,23-21?. The molecule has 124 valence electrons. The summed E-state index contributed by atoms with van der Waals surface area (Å²) in [6, 6.07) is 21.2. The Bertz CT molecular complexity index is 857. The summed E-state index contributed by atoms with van der Waals surface area (Å²) in [5.41, 5.74) is 9.53. The van der Waals surface area contributed by atoms with E-state index in [-0.39, 0.29) is 0 Å². The first-order chi connectivity index (χ1) is 12.3. The summed E-state index contributed by atoms with van der Waals surface area (Å²) in [5.74, 6) is 0.766. The minimum atomic E-state index is 0.364. The van der Waals surface area contributed by atoms with Crippen LogP contribution in [0.1, 0.15) is 16.7 Å². The fourth-order valence-corrected chi connectivity index (χ4v) is 2.47. The molecule has 3 aromatic rings. The first-order valence-electron chi connectivity index (χ1n) is 7.96. The number of pyridine rings is 1. The van der Waals surface area contributed by atoms with Crippen molar-refractivity contribution in [1.82, 2.24) is 4.98 Å². The highest BCUT2D eigenvalue weighted by Crippen LogP contribution is 2.21. The van der Waals surface area contributed by atoms with Gasteiger partial charge in [0.2, 0.25) is 0 Å². The van der Waals surface area contributed by atoms with Gasteiger partial charge in [0.15, 0.2) is 0 Å². The average molecular weight is 329 g/mol. The smallest absolute Gasteiger partial charge is 0.119 e. The SMILES string of the molecule is N=C(/C(=C\N)c1ccncc1)c1ccc(OCc2ccccc2)cc1. The topological polar surface area (TPSA) is 72.0 Å². The van der Waals surface area contributed by atoms with Crippen molar-refractivity contribution < 1.29 is 4.74 Å². The third-order valence-corrected chi connectivity index (χ3v) is 3.82. The molecule has 25 heavy (non-hydrogen) atoms. The number of aromatic nitrogens is 1. The molecule has 0 aliphatic heterocycles. The molecule has 4 heteroatoms. The summed E-state index contributed by atoms with van der Waals surface area (Å²) in [5, 5.41) is 8.42. The molecular formula is C21H19N3O. The Morgan fingerprint density at radius 2 is 1.60 bits per heavy atom. The van der Waals surface area contributed by atoms with Crippen LogP contribution in [0, 0.1) is 5.41 Å². The largest absolute Gasteiger partial charge is 0.489 e. The lowest BCUT2D eigenvalue weighted by atomic mass is 9.97. The van der Waals surface area contributed by atoms with Crippen molar-refractivity contribution in [3.05, 3.63) is 102 Å². The summed E-state index contributed by atoms with van der Waals surface area (Å²) in [6.45, 7) is 0.516. The molecule has 1 aromatic heterocycles. The summed E-state index contributed by atoms with van der Waals surface area (Å²) in [4.78, 5) is 4.00. The molecule has 0 saturated heterocycles. The van der Waals surface area contributed by atoms with Gasteiger partial charge in [-0.05, 0) is 47.5 Å². The van der Waals surface area contributed by atoms with E-state index in [2.05, 4.69) is 4.98 Å². The molecule has 4 nitrogen and oxygen atoms in total. The Hall–Kier alpha value is -3.40. The van der Waals surface area contributed by atoms with E-state index in [9.17, 15) is 0 Å². The molecule has 0 aliphatic rings. The molecule has 0 spiro atoms. The fourth-order valence-electron chi connectivity index (χ4n) is 2.47. The number of hydrogen-bond acceptors (Lipinski definition) is 4. The van der Waals surface area contributed by atoms with Crippen molar-refractivity contribution >= 4 is 11.3 Å². The molecule has 0 radical (unpaired) electrons. The van der Waals surface area contributed by atoms with Crippen LogP contribution >= 0.6 is 0 Å². The molecule has 3 rings (SSSR count). The third kappa shape index (κ3) is 4.12. The van der Waals surface area contributed by atoms with Crippen molar-refractivity contribution in [2.45, 2.75) is 6.61 Å². The normalized spacial score (nSPS) is 11.1. The van der Waals surface area contributed by atoms with Crippen LogP contribution in [-0.2, 0) is 6.61 Å². The lowest BCUT2D eigenvalue weighted by Gasteiger charge is -2.11. The number of nitrogens with two attached hydrogens (primary N) is 1. The van der Waals surface area contributed by atoms with Gasteiger partial charge in [-0.15, -0.1) is 0 Å². The van der Waals surface area contributed by atoms with Crippen molar-refractivity contribution in [1.29, 1.82) is 5.41 Å². The van der Waals surface area contributed by atoms with Gasteiger partial charge in [0.1, 0.15) is 12.4 Å². The maximum absolute atomic E-state index is 8.42. The van der Waals surface area contributed by atoms with Crippen LogP contribution in [0.25, 0.3) is 5.57 Å². The third-order valence-electron chi connectivity index (χ3n) is 3.82. The minimum Gasteiger partial charge on any atom is -0.489 e. The van der Waals surface area contributed by atoms with E-state index in [1.807, 2.05) is 66.7 Å². The van der Waals surface area contributed by atoms with Crippen LogP contribution in [0.2, 0.25) is 0 Å². The van der Waals surface area contributed by atoms with E-state index >= 15 is 0 Å². The number of benzene rings is 2. The Kier molecular flexibility index (Phi) is 5.22. The molecule has 0 fully saturated rings. The number of ether oxygens (including phenoxy) is 1. The predicted molar refractivity (Wildman–Crippen MR) is 100 cm³/mol. The molecule has 0 unspecified atom stereocenters. The molecule has 0 amide bonds. The fraction of sp³-hybridized carbons (Fsp3) is 0.0476. The zero-order chi connectivity index (χ0) is 17.5. The molecule has 0 atom stereocenters. The number of rotatable bonds is 6. The van der Waals surface area contributed by atoms with Crippen molar-refractivity contribution in [3.63, 3.8) is 0 Å². The Labute approximate surface area is 147 Å². The Morgan fingerprint density at radius 3 is 2.24 bits per heavy atom. The lowest BCUT2D eigenvalue weighted by molar-refractivity contribution is 0.306. The summed E-state index contributed by atoms with van der Waals surface area (Å²) in [7, 11) is 0. The van der Waals surface area contributed by atoms with Gasteiger partial charge in [-0.25, -0.2) is 0 Å². The van der Waals surface area contributed by atoms with E-state index in [4.69, 9.17) is 15.9 Å². The van der Waals surface area contributed by atoms with Crippen LogP contribution in [0.3, 0.4) is 0 Å². The molecule has 2 aromatic carbocycles. The highest BCUT2D eigenvalue weighted by atomic mass is 16.5. The first kappa shape index (κ1) is 16.5. The van der Waals surface area contributed by atoms with E-state index in [0.717, 1.165) is 22.4 Å². The van der Waals surface area contributed by atoms with Gasteiger partial charge in [-0.3, -0.25) is 10.4 Å². The summed E-state index contributed by atoms with van der Waals surface area (Å²) >= 11 is 0. The van der Waals surface area contributed by atoms with E-state index < -0.39 is 0 Å². The maximum Gasteiger partial charge on any atom is 0.119 e. The highest BCUT2D eigenvalue weighted by Gasteiger charge is 2.10. The average Bonchev–Trinajstić information content (AvgIpc) is 2.69. The van der Waals surface area contributed by atoms with Crippen molar-refractivity contribution in [2.24, 2.45) is 5.73 Å². The van der Waals surface area contributed by atoms with Crippen LogP contribution in [0.15, 0.2) is 85.3 Å². The lowest BCUT2D eigenvalue weighted by Crippen LogP contribution is -2.05. The van der Waals surface area contributed by atoms with Gasteiger partial charge in [0.25, 0.3) is 0 Å². The molecule has 0 aliphatic carbocycles. The second-order valence-corrected chi connectivity index (χ2v) is 5.49.